The number of benzene rings is 1. The van der Waals surface area contributed by atoms with Gasteiger partial charge < -0.3 is 5.32 Å². The van der Waals surface area contributed by atoms with Crippen molar-refractivity contribution in [3.8, 4) is 0 Å². The van der Waals surface area contributed by atoms with E-state index < -0.39 is 5.82 Å². The quantitative estimate of drug-likeness (QED) is 0.908. The third-order valence-corrected chi connectivity index (χ3v) is 2.64. The highest BCUT2D eigenvalue weighted by Gasteiger charge is 2.11. The molecular formula is C12H11ClFN3. The van der Waals surface area contributed by atoms with E-state index in [4.69, 9.17) is 11.6 Å². The molecule has 2 aromatic rings. The van der Waals surface area contributed by atoms with Crippen molar-refractivity contribution in [3.63, 3.8) is 0 Å². The van der Waals surface area contributed by atoms with Gasteiger partial charge in [0.25, 0.3) is 0 Å². The molecule has 0 saturated carbocycles. The van der Waals surface area contributed by atoms with Crippen LogP contribution in [0.3, 0.4) is 0 Å². The molecule has 0 spiro atoms. The molecule has 1 atom stereocenters. The Hall–Kier alpha value is -1.68. The molecule has 0 saturated heterocycles. The van der Waals surface area contributed by atoms with Crippen molar-refractivity contribution < 1.29 is 4.39 Å². The van der Waals surface area contributed by atoms with Gasteiger partial charge in [-0.25, -0.2) is 4.39 Å². The lowest BCUT2D eigenvalue weighted by Crippen LogP contribution is -2.09. The van der Waals surface area contributed by atoms with Gasteiger partial charge in [-0.15, -0.1) is 0 Å². The normalized spacial score (nSPS) is 12.2. The maximum Gasteiger partial charge on any atom is 0.164 e. The van der Waals surface area contributed by atoms with Crippen molar-refractivity contribution in [1.82, 2.24) is 9.97 Å². The molecule has 88 valence electrons. The van der Waals surface area contributed by atoms with Gasteiger partial charge >= 0.3 is 0 Å². The van der Waals surface area contributed by atoms with Crippen LogP contribution in [0.25, 0.3) is 0 Å². The predicted molar refractivity (Wildman–Crippen MR) is 65.5 cm³/mol. The molecule has 0 aliphatic heterocycles. The fraction of sp³-hybridized carbons (Fsp3) is 0.167. The standard InChI is InChI=1S/C12H11ClFN3/c1-8(11-7-15-5-6-16-11)17-10-4-2-3-9(13)12(10)14/h2-8,17H,1H3. The van der Waals surface area contributed by atoms with Gasteiger partial charge in [0.2, 0.25) is 0 Å². The summed E-state index contributed by atoms with van der Waals surface area (Å²) in [5.41, 5.74) is 1.10. The Bertz CT molecular complexity index is 504. The molecule has 2 rings (SSSR count). The summed E-state index contributed by atoms with van der Waals surface area (Å²) in [7, 11) is 0. The first-order valence-electron chi connectivity index (χ1n) is 5.15. The first-order chi connectivity index (χ1) is 8.18. The number of nitrogens with one attached hydrogen (secondary N) is 1. The highest BCUT2D eigenvalue weighted by molar-refractivity contribution is 6.31. The summed E-state index contributed by atoms with van der Waals surface area (Å²) in [4.78, 5) is 8.11. The van der Waals surface area contributed by atoms with Crippen LogP contribution in [-0.4, -0.2) is 9.97 Å². The topological polar surface area (TPSA) is 37.8 Å². The molecule has 1 unspecified atom stereocenters. The fourth-order valence-corrected chi connectivity index (χ4v) is 1.63. The van der Waals surface area contributed by atoms with E-state index in [1.54, 1.807) is 30.7 Å². The number of aromatic nitrogens is 2. The van der Waals surface area contributed by atoms with Gasteiger partial charge in [-0.05, 0) is 19.1 Å². The SMILES string of the molecule is CC(Nc1cccc(Cl)c1F)c1cnccn1. The van der Waals surface area contributed by atoms with E-state index in [-0.39, 0.29) is 11.1 Å². The van der Waals surface area contributed by atoms with Gasteiger partial charge in [-0.1, -0.05) is 17.7 Å². The predicted octanol–water partition coefficient (Wildman–Crippen LogP) is 3.44. The molecule has 0 fully saturated rings. The Kier molecular flexibility index (Phi) is 3.54. The zero-order valence-corrected chi connectivity index (χ0v) is 9.95. The van der Waals surface area contributed by atoms with E-state index in [0.29, 0.717) is 5.69 Å². The average Bonchev–Trinajstić information content (AvgIpc) is 2.36. The van der Waals surface area contributed by atoms with Crippen molar-refractivity contribution in [2.75, 3.05) is 5.32 Å². The van der Waals surface area contributed by atoms with E-state index in [1.807, 2.05) is 6.92 Å². The van der Waals surface area contributed by atoms with Crippen LogP contribution in [0, 0.1) is 5.82 Å². The van der Waals surface area contributed by atoms with Crippen LogP contribution >= 0.6 is 11.6 Å². The number of hydrogen-bond donors (Lipinski definition) is 1. The molecule has 0 aliphatic rings. The number of anilines is 1. The van der Waals surface area contributed by atoms with Gasteiger partial charge in [-0.3, -0.25) is 9.97 Å². The largest absolute Gasteiger partial charge is 0.374 e. The molecule has 1 N–H and O–H groups in total. The van der Waals surface area contributed by atoms with E-state index in [9.17, 15) is 4.39 Å². The molecule has 3 nitrogen and oxygen atoms in total. The highest BCUT2D eigenvalue weighted by atomic mass is 35.5. The summed E-state index contributed by atoms with van der Waals surface area (Å²) in [5.74, 6) is -0.454. The summed E-state index contributed by atoms with van der Waals surface area (Å²) in [6, 6.07) is 4.69. The second-order valence-corrected chi connectivity index (χ2v) is 4.00. The molecule has 0 bridgehead atoms. The highest BCUT2D eigenvalue weighted by Crippen LogP contribution is 2.25. The van der Waals surface area contributed by atoms with E-state index in [0.717, 1.165) is 5.69 Å². The summed E-state index contributed by atoms with van der Waals surface area (Å²) in [6.07, 6.45) is 4.83. The first-order valence-corrected chi connectivity index (χ1v) is 5.52. The van der Waals surface area contributed by atoms with Crippen molar-refractivity contribution >= 4 is 17.3 Å². The molecule has 5 heteroatoms. The van der Waals surface area contributed by atoms with Crippen LogP contribution < -0.4 is 5.32 Å². The Labute approximate surface area is 104 Å². The minimum Gasteiger partial charge on any atom is -0.374 e. The van der Waals surface area contributed by atoms with Gasteiger partial charge in [0, 0.05) is 12.4 Å². The molecule has 1 aromatic heterocycles. The van der Waals surface area contributed by atoms with Crippen LogP contribution in [0.5, 0.6) is 0 Å². The minimum absolute atomic E-state index is 0.0985. The third-order valence-electron chi connectivity index (χ3n) is 2.35. The zero-order valence-electron chi connectivity index (χ0n) is 9.19. The Morgan fingerprint density at radius 3 is 2.88 bits per heavy atom. The van der Waals surface area contributed by atoms with Crippen molar-refractivity contribution in [3.05, 3.63) is 53.3 Å². The molecule has 1 aromatic carbocycles. The molecule has 0 aliphatic carbocycles. The lowest BCUT2D eigenvalue weighted by atomic mass is 10.2. The molecule has 17 heavy (non-hydrogen) atoms. The van der Waals surface area contributed by atoms with Crippen LogP contribution in [0.1, 0.15) is 18.7 Å². The van der Waals surface area contributed by atoms with Crippen molar-refractivity contribution in [1.29, 1.82) is 0 Å². The van der Waals surface area contributed by atoms with E-state index in [1.165, 1.54) is 6.07 Å². The maximum absolute atomic E-state index is 13.6. The third kappa shape index (κ3) is 2.71. The molecule has 0 radical (unpaired) electrons. The van der Waals surface area contributed by atoms with Gasteiger partial charge in [0.05, 0.1) is 28.6 Å². The van der Waals surface area contributed by atoms with Gasteiger partial charge in [-0.2, -0.15) is 0 Å². The molecule has 0 amide bonds. The second kappa shape index (κ2) is 5.10. The summed E-state index contributed by atoms with van der Waals surface area (Å²) >= 11 is 5.70. The number of rotatable bonds is 3. The number of nitrogens with zero attached hydrogens (tertiary/aromatic N) is 2. The number of halogens is 2. The van der Waals surface area contributed by atoms with Crippen molar-refractivity contribution in [2.24, 2.45) is 0 Å². The van der Waals surface area contributed by atoms with Gasteiger partial charge in [0.15, 0.2) is 5.82 Å². The lowest BCUT2D eigenvalue weighted by molar-refractivity contribution is 0.627. The minimum atomic E-state index is -0.454. The second-order valence-electron chi connectivity index (χ2n) is 3.60. The van der Waals surface area contributed by atoms with Gasteiger partial charge in [0.1, 0.15) is 0 Å². The Morgan fingerprint density at radius 1 is 1.35 bits per heavy atom. The molecular weight excluding hydrogens is 241 g/mol. The van der Waals surface area contributed by atoms with Crippen molar-refractivity contribution in [2.45, 2.75) is 13.0 Å². The van der Waals surface area contributed by atoms with Crippen LogP contribution in [0.4, 0.5) is 10.1 Å². The monoisotopic (exact) mass is 251 g/mol. The summed E-state index contributed by atoms with van der Waals surface area (Å²) < 4.78 is 13.6. The van der Waals surface area contributed by atoms with E-state index >= 15 is 0 Å². The molecule has 1 heterocycles. The first kappa shape index (κ1) is 11.8. The summed E-state index contributed by atoms with van der Waals surface area (Å²) in [5, 5.41) is 3.10. The van der Waals surface area contributed by atoms with Crippen LogP contribution in [-0.2, 0) is 0 Å². The zero-order chi connectivity index (χ0) is 12.3. The number of hydrogen-bond acceptors (Lipinski definition) is 3. The maximum atomic E-state index is 13.6. The van der Waals surface area contributed by atoms with Crippen LogP contribution in [0.15, 0.2) is 36.8 Å². The fourth-order valence-electron chi connectivity index (χ4n) is 1.46. The summed E-state index contributed by atoms with van der Waals surface area (Å²) in [6.45, 7) is 1.88. The Morgan fingerprint density at radius 2 is 2.18 bits per heavy atom. The smallest absolute Gasteiger partial charge is 0.164 e. The Balaban J connectivity index is 2.19. The van der Waals surface area contributed by atoms with E-state index in [2.05, 4.69) is 15.3 Å². The lowest BCUT2D eigenvalue weighted by Gasteiger charge is -2.15. The average molecular weight is 252 g/mol. The van der Waals surface area contributed by atoms with Crippen LogP contribution in [0.2, 0.25) is 5.02 Å².